The van der Waals surface area contributed by atoms with Crippen molar-refractivity contribution < 1.29 is 17.9 Å². The first-order valence-corrected chi connectivity index (χ1v) is 13.6. The van der Waals surface area contributed by atoms with Gasteiger partial charge < -0.3 is 10.1 Å². The monoisotopic (exact) mass is 578 g/mol. The van der Waals surface area contributed by atoms with Crippen molar-refractivity contribution in [2.45, 2.75) is 58.1 Å². The lowest BCUT2D eigenvalue weighted by Crippen LogP contribution is -2.42. The molecule has 7 nitrogen and oxygen atoms in total. The molecule has 206 valence electrons. The second-order valence-electron chi connectivity index (χ2n) is 9.78. The summed E-state index contributed by atoms with van der Waals surface area (Å²) >= 11 is 7.77. The van der Waals surface area contributed by atoms with Crippen molar-refractivity contribution in [2.24, 2.45) is 0 Å². The maximum atomic E-state index is 12.9. The van der Waals surface area contributed by atoms with Crippen LogP contribution < -0.4 is 21.3 Å². The maximum Gasteiger partial charge on any atom is 0.406 e. The summed E-state index contributed by atoms with van der Waals surface area (Å²) in [7, 11) is 0. The van der Waals surface area contributed by atoms with Crippen LogP contribution >= 0.6 is 22.9 Å². The van der Waals surface area contributed by atoms with Gasteiger partial charge in [-0.1, -0.05) is 11.6 Å². The summed E-state index contributed by atoms with van der Waals surface area (Å²) in [6, 6.07) is 8.69. The van der Waals surface area contributed by atoms with E-state index < -0.39 is 24.0 Å². The number of nitrogens with zero attached hydrogens (tertiary/aromatic N) is 3. The molecule has 2 atom stereocenters. The van der Waals surface area contributed by atoms with Gasteiger partial charge in [0.05, 0.1) is 16.8 Å². The average molecular weight is 579 g/mol. The number of benzene rings is 1. The third-order valence-corrected chi connectivity index (χ3v) is 8.06. The van der Waals surface area contributed by atoms with Crippen LogP contribution in [0.25, 0.3) is 21.3 Å². The number of hydrogen-bond donors (Lipinski definition) is 1. The van der Waals surface area contributed by atoms with E-state index in [9.17, 15) is 22.8 Å². The highest BCUT2D eigenvalue weighted by Gasteiger charge is 2.29. The van der Waals surface area contributed by atoms with E-state index in [-0.39, 0.29) is 12.6 Å². The highest BCUT2D eigenvalue weighted by atomic mass is 35.5. The Hall–Kier alpha value is -3.15. The Kier molecular flexibility index (Phi) is 7.58. The molecule has 12 heteroatoms. The fraction of sp³-hybridized carbons (Fsp3) is 0.370. The highest BCUT2D eigenvalue weighted by Crippen LogP contribution is 2.42. The van der Waals surface area contributed by atoms with Crippen LogP contribution in [0.15, 0.2) is 52.3 Å². The maximum absolute atomic E-state index is 12.9. The van der Waals surface area contributed by atoms with E-state index in [1.807, 2.05) is 25.1 Å². The molecule has 39 heavy (non-hydrogen) atoms. The minimum absolute atomic E-state index is 0.000115. The summed E-state index contributed by atoms with van der Waals surface area (Å²) in [5, 5.41) is 4.00. The molecule has 1 aliphatic rings. The van der Waals surface area contributed by atoms with E-state index in [4.69, 9.17) is 16.3 Å². The molecule has 4 aromatic rings. The number of halogens is 4. The van der Waals surface area contributed by atoms with Crippen LogP contribution in [0.4, 0.5) is 13.2 Å². The van der Waals surface area contributed by atoms with Gasteiger partial charge >= 0.3 is 11.9 Å². The van der Waals surface area contributed by atoms with Crippen molar-refractivity contribution in [2.75, 3.05) is 6.54 Å². The topological polar surface area (TPSA) is 78.2 Å². The van der Waals surface area contributed by atoms with Crippen LogP contribution in [-0.4, -0.2) is 39.0 Å². The lowest BCUT2D eigenvalue weighted by Gasteiger charge is -2.29. The molecule has 1 aromatic carbocycles. The van der Waals surface area contributed by atoms with Crippen LogP contribution in [0.2, 0.25) is 5.02 Å². The first-order chi connectivity index (χ1) is 18.5. The number of fused-ring (bicyclic) bond motifs is 1. The van der Waals surface area contributed by atoms with E-state index in [0.29, 0.717) is 26.0 Å². The summed E-state index contributed by atoms with van der Waals surface area (Å²) in [6.07, 6.45) is -0.150. The smallest absolute Gasteiger partial charge is 0.406 e. The van der Waals surface area contributed by atoms with E-state index in [1.165, 1.54) is 11.3 Å². The first-order valence-electron chi connectivity index (χ1n) is 12.4. The van der Waals surface area contributed by atoms with Gasteiger partial charge in [0, 0.05) is 52.1 Å². The number of ether oxygens (including phenoxy) is 1. The number of nitrogens with one attached hydrogen (secondary N) is 1. The van der Waals surface area contributed by atoms with E-state index in [0.717, 1.165) is 63.4 Å². The Balaban J connectivity index is 1.53. The SMILES string of the molecule is Cc1cc(Cl)cc(-c2ccnc3cc(Cn4c(=O)ccn(CC(F)(F)F)c4=O)sc23)c1O[C@H]1CC[C@H](C)NC1. The molecule has 1 aliphatic heterocycles. The summed E-state index contributed by atoms with van der Waals surface area (Å²) in [5.74, 6) is 0.720. The van der Waals surface area contributed by atoms with Crippen LogP contribution in [0.3, 0.4) is 0 Å². The quantitative estimate of drug-likeness (QED) is 0.332. The lowest BCUT2D eigenvalue weighted by molar-refractivity contribution is -0.141. The zero-order valence-corrected chi connectivity index (χ0v) is 22.8. The Labute approximate surface area is 230 Å². The van der Waals surface area contributed by atoms with Gasteiger partial charge in [0.25, 0.3) is 5.56 Å². The first kappa shape index (κ1) is 27.4. The van der Waals surface area contributed by atoms with Crippen LogP contribution in [0.5, 0.6) is 5.75 Å². The van der Waals surface area contributed by atoms with Gasteiger partial charge in [-0.25, -0.2) is 4.79 Å². The molecule has 1 saturated heterocycles. The standard InChI is InChI=1S/C27H26ClF3N4O3S/c1-15-9-17(28)10-21(24(15)38-18-4-3-16(2)33-12-18)20-5-7-32-22-11-19(39-25(20)22)13-35-23(36)6-8-34(26(35)37)14-27(29,30)31/h5-11,16,18,33H,3-4,12-14H2,1-2H3/t16-,18-/m0/s1. The van der Waals surface area contributed by atoms with Crippen molar-refractivity contribution in [1.29, 1.82) is 0 Å². The van der Waals surface area contributed by atoms with Gasteiger partial charge in [0.1, 0.15) is 18.4 Å². The summed E-state index contributed by atoms with van der Waals surface area (Å²) in [6.45, 7) is 3.16. The van der Waals surface area contributed by atoms with Gasteiger partial charge in [-0.05, 0) is 56.5 Å². The van der Waals surface area contributed by atoms with Gasteiger partial charge in [-0.15, -0.1) is 11.3 Å². The summed E-state index contributed by atoms with van der Waals surface area (Å²) < 4.78 is 47.3. The average Bonchev–Trinajstić information content (AvgIpc) is 3.28. The Bertz CT molecular complexity index is 1640. The molecule has 0 saturated carbocycles. The highest BCUT2D eigenvalue weighted by molar-refractivity contribution is 7.19. The van der Waals surface area contributed by atoms with Crippen LogP contribution in [0.1, 0.15) is 30.2 Å². The Morgan fingerprint density at radius 3 is 2.69 bits per heavy atom. The lowest BCUT2D eigenvalue weighted by atomic mass is 10.0. The molecule has 1 N–H and O–H groups in total. The Morgan fingerprint density at radius 1 is 1.18 bits per heavy atom. The van der Waals surface area contributed by atoms with Crippen molar-refractivity contribution in [3.8, 4) is 16.9 Å². The van der Waals surface area contributed by atoms with Crippen molar-refractivity contribution >= 4 is 33.2 Å². The number of piperidine rings is 1. The molecule has 4 heterocycles. The molecule has 5 rings (SSSR count). The number of pyridine rings is 1. The van der Waals surface area contributed by atoms with Gasteiger partial charge in [-0.3, -0.25) is 18.9 Å². The van der Waals surface area contributed by atoms with Crippen molar-refractivity contribution in [1.82, 2.24) is 19.4 Å². The fourth-order valence-corrected chi connectivity index (χ4v) is 6.18. The van der Waals surface area contributed by atoms with E-state index in [1.54, 1.807) is 12.3 Å². The minimum Gasteiger partial charge on any atom is -0.488 e. The molecule has 0 bridgehead atoms. The van der Waals surface area contributed by atoms with Gasteiger partial charge in [-0.2, -0.15) is 13.2 Å². The number of rotatable bonds is 6. The van der Waals surface area contributed by atoms with Crippen molar-refractivity contribution in [3.63, 3.8) is 0 Å². The molecule has 0 amide bonds. The minimum atomic E-state index is -4.59. The third kappa shape index (κ3) is 6.05. The van der Waals surface area contributed by atoms with E-state index in [2.05, 4.69) is 17.2 Å². The summed E-state index contributed by atoms with van der Waals surface area (Å²) in [5.41, 5.74) is 1.43. The molecule has 0 radical (unpaired) electrons. The second kappa shape index (κ2) is 10.8. The number of aryl methyl sites for hydroxylation is 1. The largest absolute Gasteiger partial charge is 0.488 e. The number of hydrogen-bond acceptors (Lipinski definition) is 6. The fourth-order valence-electron chi connectivity index (χ4n) is 4.78. The second-order valence-corrected chi connectivity index (χ2v) is 11.4. The van der Waals surface area contributed by atoms with Crippen LogP contribution in [-0.2, 0) is 13.1 Å². The molecule has 0 spiro atoms. The number of thiophene rings is 1. The van der Waals surface area contributed by atoms with Gasteiger partial charge in [0.15, 0.2) is 0 Å². The molecule has 1 fully saturated rings. The molecule has 3 aromatic heterocycles. The molecule has 0 aliphatic carbocycles. The summed E-state index contributed by atoms with van der Waals surface area (Å²) in [4.78, 5) is 30.1. The van der Waals surface area contributed by atoms with E-state index >= 15 is 0 Å². The molecule has 0 unspecified atom stereocenters. The predicted octanol–water partition coefficient (Wildman–Crippen LogP) is 5.38. The number of alkyl halides is 3. The Morgan fingerprint density at radius 2 is 1.97 bits per heavy atom. The normalized spacial score (nSPS) is 18.0. The zero-order valence-electron chi connectivity index (χ0n) is 21.2. The van der Waals surface area contributed by atoms with Gasteiger partial charge in [0.2, 0.25) is 0 Å². The van der Waals surface area contributed by atoms with Crippen LogP contribution in [0, 0.1) is 6.92 Å². The molecular formula is C27H26ClF3N4O3S. The van der Waals surface area contributed by atoms with Crippen molar-refractivity contribution in [3.05, 3.63) is 79.0 Å². The number of aromatic nitrogens is 3. The zero-order chi connectivity index (χ0) is 27.9. The predicted molar refractivity (Wildman–Crippen MR) is 146 cm³/mol. The third-order valence-electron chi connectivity index (χ3n) is 6.70. The molecular weight excluding hydrogens is 553 g/mol.